The fourth-order valence-corrected chi connectivity index (χ4v) is 12.4. The second-order valence-electron chi connectivity index (χ2n) is 26.1. The fraction of sp³-hybridized carbons (Fsp3) is 0.958. The van der Waals surface area contributed by atoms with Gasteiger partial charge in [-0.3, -0.25) is 4.79 Å². The molecule has 2 saturated heterocycles. The molecule has 1 amide bonds. The maximum Gasteiger partial charge on any atom is 0.220 e. The highest BCUT2D eigenvalue weighted by atomic mass is 16.7. The third-order valence-electron chi connectivity index (χ3n) is 18.2. The summed E-state index contributed by atoms with van der Waals surface area (Å²) in [5, 5.41) is 87.5. The summed E-state index contributed by atoms with van der Waals surface area (Å²) in [6.45, 7) is 2.86. The van der Waals surface area contributed by atoms with Crippen molar-refractivity contribution in [2.45, 2.75) is 415 Å². The van der Waals surface area contributed by atoms with Gasteiger partial charge in [-0.1, -0.05) is 328 Å². The number of aliphatic hydroxyl groups excluding tert-OH is 8. The number of amides is 1. The van der Waals surface area contributed by atoms with Crippen LogP contribution in [-0.4, -0.2) is 140 Å². The number of carbonyl (C=O) groups excluding carboxylic acids is 1. The number of nitrogens with one attached hydrogen (secondary N) is 1. The molecule has 0 bridgehead atoms. The second kappa shape index (κ2) is 56.7. The molecule has 2 fully saturated rings. The van der Waals surface area contributed by atoms with Crippen LogP contribution in [0.4, 0.5) is 0 Å². The molecule has 12 atom stereocenters. The van der Waals surface area contributed by atoms with E-state index in [4.69, 9.17) is 18.9 Å². The van der Waals surface area contributed by atoms with Gasteiger partial charge in [0.05, 0.1) is 32.0 Å². The molecule has 2 heterocycles. The molecule has 0 spiro atoms. The molecular weight excluding hydrogens is 1070 g/mol. The second-order valence-corrected chi connectivity index (χ2v) is 26.1. The first-order valence-electron chi connectivity index (χ1n) is 36.4. The molecule has 0 saturated carbocycles. The Morgan fingerprint density at radius 3 is 1.08 bits per heavy atom. The fourth-order valence-electron chi connectivity index (χ4n) is 12.4. The topological polar surface area (TPSA) is 228 Å². The van der Waals surface area contributed by atoms with Crippen molar-refractivity contribution in [1.29, 1.82) is 0 Å². The lowest BCUT2D eigenvalue weighted by Gasteiger charge is -2.46. The Morgan fingerprint density at radius 2 is 0.729 bits per heavy atom. The summed E-state index contributed by atoms with van der Waals surface area (Å²) in [6.07, 6.45) is 52.8. The molecule has 0 radical (unpaired) electrons. The van der Waals surface area contributed by atoms with Crippen molar-refractivity contribution in [1.82, 2.24) is 5.32 Å². The Hall–Kier alpha value is -1.27. The van der Waals surface area contributed by atoms with E-state index in [1.54, 1.807) is 6.08 Å². The maximum absolute atomic E-state index is 13.3. The van der Waals surface area contributed by atoms with Crippen LogP contribution in [0.25, 0.3) is 0 Å². The van der Waals surface area contributed by atoms with E-state index in [1.807, 2.05) is 6.08 Å². The summed E-state index contributed by atoms with van der Waals surface area (Å²) in [7, 11) is 0. The number of hydrogen-bond donors (Lipinski definition) is 9. The molecule has 2 aliphatic rings. The molecule has 14 heteroatoms. The Balaban J connectivity index is 1.64. The van der Waals surface area contributed by atoms with Crippen molar-refractivity contribution in [3.05, 3.63) is 12.2 Å². The Bertz CT molecular complexity index is 1470. The summed E-state index contributed by atoms with van der Waals surface area (Å²) in [5.41, 5.74) is 0. The van der Waals surface area contributed by atoms with Gasteiger partial charge in [0.2, 0.25) is 5.91 Å². The average molecular weight is 1210 g/mol. The summed E-state index contributed by atoms with van der Waals surface area (Å²) in [4.78, 5) is 13.3. The SMILES string of the molecule is CCCCCCCCCCCCCCCCCCCCCCCCCCCCCCCC/C=C/C(O)C(COC1OC(CO)C(OC2OC(CO)C(O)C(O)C2O)C(O)C1O)NC(=O)CCCCCCCCCCCCCCCCCCCCC. The number of carbonyl (C=O) groups is 1. The maximum atomic E-state index is 13.3. The van der Waals surface area contributed by atoms with Crippen LogP contribution in [-0.2, 0) is 23.7 Å². The van der Waals surface area contributed by atoms with Crippen LogP contribution in [0.3, 0.4) is 0 Å². The first-order valence-corrected chi connectivity index (χ1v) is 36.4. The highest BCUT2D eigenvalue weighted by molar-refractivity contribution is 5.76. The lowest BCUT2D eigenvalue weighted by atomic mass is 9.97. The number of ether oxygens (including phenoxy) is 4. The van der Waals surface area contributed by atoms with Gasteiger partial charge in [0.25, 0.3) is 0 Å². The van der Waals surface area contributed by atoms with Gasteiger partial charge in [0, 0.05) is 6.42 Å². The smallest absolute Gasteiger partial charge is 0.220 e. The van der Waals surface area contributed by atoms with E-state index >= 15 is 0 Å². The monoisotopic (exact) mass is 1210 g/mol. The van der Waals surface area contributed by atoms with E-state index in [0.717, 1.165) is 38.5 Å². The van der Waals surface area contributed by atoms with Gasteiger partial charge >= 0.3 is 0 Å². The molecule has 0 aromatic heterocycles. The van der Waals surface area contributed by atoms with E-state index in [0.29, 0.717) is 6.42 Å². The van der Waals surface area contributed by atoms with Crippen LogP contribution in [0.1, 0.15) is 341 Å². The minimum absolute atomic E-state index is 0.231. The largest absolute Gasteiger partial charge is 0.394 e. The third-order valence-corrected chi connectivity index (χ3v) is 18.2. The Kier molecular flexibility index (Phi) is 53.2. The van der Waals surface area contributed by atoms with Gasteiger partial charge in [-0.2, -0.15) is 0 Å². The quantitative estimate of drug-likeness (QED) is 0.0204. The standard InChI is InChI=1S/C71H137NO13/c1-3-5-7-9-11-13-15-17-19-21-23-24-25-26-27-28-29-30-31-32-33-34-35-37-38-40-42-44-46-48-50-52-54-60(75)59(72-63(76)55-53-51-49-47-45-43-41-39-36-22-20-18-16-14-12-10-8-6-4-2)58-82-70-68(81)66(79)69(62(57-74)84-70)85-71-67(80)65(78)64(77)61(56-73)83-71/h52,54,59-62,64-71,73-75,77-81H,3-51,53,55-58H2,1-2H3,(H,72,76)/b54-52+. The predicted octanol–water partition coefficient (Wildman–Crippen LogP) is 15.0. The molecule has 9 N–H and O–H groups in total. The number of rotatable bonds is 61. The van der Waals surface area contributed by atoms with Crippen molar-refractivity contribution in [2.75, 3.05) is 19.8 Å². The number of aliphatic hydroxyl groups is 8. The third kappa shape index (κ3) is 41.0. The van der Waals surface area contributed by atoms with E-state index < -0.39 is 86.8 Å². The van der Waals surface area contributed by atoms with E-state index in [-0.39, 0.29) is 18.9 Å². The van der Waals surface area contributed by atoms with Gasteiger partial charge in [-0.25, -0.2) is 0 Å². The van der Waals surface area contributed by atoms with Crippen LogP contribution in [0.2, 0.25) is 0 Å². The molecule has 12 unspecified atom stereocenters. The number of hydrogen-bond acceptors (Lipinski definition) is 13. The first-order chi connectivity index (χ1) is 41.6. The molecule has 0 aromatic rings. The zero-order valence-corrected chi connectivity index (χ0v) is 54.9. The minimum atomic E-state index is -1.79. The molecule has 0 aliphatic carbocycles. The van der Waals surface area contributed by atoms with Crippen molar-refractivity contribution < 1.29 is 64.6 Å². The lowest BCUT2D eigenvalue weighted by molar-refractivity contribution is -0.359. The molecular formula is C71H137NO13. The summed E-state index contributed by atoms with van der Waals surface area (Å²) in [5.74, 6) is -0.231. The van der Waals surface area contributed by atoms with Gasteiger partial charge in [0.1, 0.15) is 48.8 Å². The molecule has 2 aliphatic heterocycles. The van der Waals surface area contributed by atoms with Gasteiger partial charge in [0.15, 0.2) is 12.6 Å². The summed E-state index contributed by atoms with van der Waals surface area (Å²) >= 11 is 0. The molecule has 85 heavy (non-hydrogen) atoms. The first kappa shape index (κ1) is 79.8. The number of unbranched alkanes of at least 4 members (excludes halogenated alkanes) is 48. The van der Waals surface area contributed by atoms with Crippen LogP contribution in [0.15, 0.2) is 12.2 Å². The van der Waals surface area contributed by atoms with Gasteiger partial charge in [-0.15, -0.1) is 0 Å². The molecule has 0 aromatic carbocycles. The van der Waals surface area contributed by atoms with Crippen molar-refractivity contribution in [2.24, 2.45) is 0 Å². The van der Waals surface area contributed by atoms with Crippen LogP contribution in [0.5, 0.6) is 0 Å². The minimum Gasteiger partial charge on any atom is -0.394 e. The lowest BCUT2D eigenvalue weighted by Crippen LogP contribution is -2.65. The predicted molar refractivity (Wildman–Crippen MR) is 346 cm³/mol. The molecule has 504 valence electrons. The van der Waals surface area contributed by atoms with Gasteiger partial charge < -0.3 is 65.1 Å². The van der Waals surface area contributed by atoms with Crippen LogP contribution >= 0.6 is 0 Å². The summed E-state index contributed by atoms with van der Waals surface area (Å²) < 4.78 is 22.9. The molecule has 2 rings (SSSR count). The average Bonchev–Trinajstić information content (AvgIpc) is 3.70. The van der Waals surface area contributed by atoms with E-state index in [2.05, 4.69) is 19.2 Å². The zero-order valence-electron chi connectivity index (χ0n) is 54.9. The van der Waals surface area contributed by atoms with Crippen molar-refractivity contribution in [3.63, 3.8) is 0 Å². The highest BCUT2D eigenvalue weighted by Gasteiger charge is 2.51. The highest BCUT2D eigenvalue weighted by Crippen LogP contribution is 2.30. The van der Waals surface area contributed by atoms with E-state index in [1.165, 1.54) is 276 Å². The molecule has 14 nitrogen and oxygen atoms in total. The van der Waals surface area contributed by atoms with Crippen LogP contribution < -0.4 is 5.32 Å². The van der Waals surface area contributed by atoms with Crippen molar-refractivity contribution in [3.8, 4) is 0 Å². The Labute approximate surface area is 520 Å². The normalized spacial score (nSPS) is 23.5. The van der Waals surface area contributed by atoms with E-state index in [9.17, 15) is 45.6 Å². The van der Waals surface area contributed by atoms with Gasteiger partial charge in [-0.05, 0) is 19.3 Å². The van der Waals surface area contributed by atoms with Crippen LogP contribution in [0, 0.1) is 0 Å². The Morgan fingerprint density at radius 1 is 0.412 bits per heavy atom. The zero-order chi connectivity index (χ0) is 61.6. The summed E-state index contributed by atoms with van der Waals surface area (Å²) in [6, 6.07) is -0.911. The van der Waals surface area contributed by atoms with Crippen molar-refractivity contribution >= 4 is 5.91 Å². The number of allylic oxidation sites excluding steroid dienone is 1.